The van der Waals surface area contributed by atoms with Gasteiger partial charge in [-0.1, -0.05) is 6.92 Å². The predicted molar refractivity (Wildman–Crippen MR) is 76.3 cm³/mol. The first-order valence-electron chi connectivity index (χ1n) is 6.57. The highest BCUT2D eigenvalue weighted by Crippen LogP contribution is 2.29. The summed E-state index contributed by atoms with van der Waals surface area (Å²) in [6.07, 6.45) is 5.06. The van der Waals surface area contributed by atoms with Crippen molar-refractivity contribution < 1.29 is 0 Å². The van der Waals surface area contributed by atoms with Crippen molar-refractivity contribution in [3.8, 4) is 0 Å². The Morgan fingerprint density at radius 2 is 2.22 bits per heavy atom. The van der Waals surface area contributed by atoms with E-state index >= 15 is 0 Å². The van der Waals surface area contributed by atoms with E-state index in [0.29, 0.717) is 6.04 Å². The van der Waals surface area contributed by atoms with Crippen LogP contribution in [-0.2, 0) is 6.42 Å². The Morgan fingerprint density at radius 3 is 3.00 bits per heavy atom. The number of thiophene rings is 1. The van der Waals surface area contributed by atoms with Gasteiger partial charge in [0.25, 0.3) is 0 Å². The van der Waals surface area contributed by atoms with Gasteiger partial charge in [0.05, 0.1) is 5.39 Å². The zero-order valence-electron chi connectivity index (χ0n) is 10.6. The fourth-order valence-electron chi connectivity index (χ4n) is 2.35. The van der Waals surface area contributed by atoms with Crippen molar-refractivity contribution in [3.63, 3.8) is 0 Å². The van der Waals surface area contributed by atoms with Gasteiger partial charge in [0.2, 0.25) is 0 Å². The number of hydrogen-bond acceptors (Lipinski definition) is 5. The number of anilines is 1. The molecule has 0 saturated carbocycles. The lowest BCUT2D eigenvalue weighted by atomic mass is 10.1. The Bertz CT molecular complexity index is 531. The molecule has 1 saturated heterocycles. The maximum absolute atomic E-state index is 4.41. The highest BCUT2D eigenvalue weighted by Gasteiger charge is 2.15. The molecule has 0 amide bonds. The van der Waals surface area contributed by atoms with Crippen LogP contribution in [0.5, 0.6) is 0 Å². The quantitative estimate of drug-likeness (QED) is 0.892. The minimum atomic E-state index is 0.536. The van der Waals surface area contributed by atoms with Crippen molar-refractivity contribution in [2.75, 3.05) is 18.4 Å². The van der Waals surface area contributed by atoms with E-state index in [1.165, 1.54) is 10.3 Å². The Balaban J connectivity index is 1.88. The monoisotopic (exact) mass is 262 g/mol. The first-order valence-corrected chi connectivity index (χ1v) is 7.39. The third kappa shape index (κ3) is 2.33. The Morgan fingerprint density at radius 1 is 1.39 bits per heavy atom. The van der Waals surface area contributed by atoms with Gasteiger partial charge in [0.1, 0.15) is 17.0 Å². The third-order valence-corrected chi connectivity index (χ3v) is 4.60. The summed E-state index contributed by atoms with van der Waals surface area (Å²) in [6, 6.07) is 2.76. The number of fused-ring (bicyclic) bond motifs is 1. The molecular weight excluding hydrogens is 244 g/mol. The molecule has 3 rings (SSSR count). The summed E-state index contributed by atoms with van der Waals surface area (Å²) in [7, 11) is 0. The van der Waals surface area contributed by atoms with Crippen molar-refractivity contribution >= 4 is 27.4 Å². The number of hydrogen-bond donors (Lipinski definition) is 2. The number of aromatic nitrogens is 2. The maximum atomic E-state index is 4.41. The summed E-state index contributed by atoms with van der Waals surface area (Å²) in [6.45, 7) is 4.36. The molecule has 4 nitrogen and oxygen atoms in total. The number of piperidine rings is 1. The highest BCUT2D eigenvalue weighted by atomic mass is 32.1. The summed E-state index contributed by atoms with van der Waals surface area (Å²) in [5, 5.41) is 8.14. The van der Waals surface area contributed by atoms with Crippen molar-refractivity contribution in [1.82, 2.24) is 15.3 Å². The number of rotatable bonds is 3. The van der Waals surface area contributed by atoms with Crippen molar-refractivity contribution in [1.29, 1.82) is 0 Å². The van der Waals surface area contributed by atoms with Crippen molar-refractivity contribution in [2.24, 2.45) is 0 Å². The van der Waals surface area contributed by atoms with Crippen LogP contribution in [0.2, 0.25) is 0 Å². The summed E-state index contributed by atoms with van der Waals surface area (Å²) in [4.78, 5) is 11.2. The molecule has 3 heterocycles. The molecule has 2 N–H and O–H groups in total. The van der Waals surface area contributed by atoms with Crippen molar-refractivity contribution in [3.05, 3.63) is 17.3 Å². The van der Waals surface area contributed by atoms with Crippen LogP contribution in [0, 0.1) is 0 Å². The highest BCUT2D eigenvalue weighted by molar-refractivity contribution is 7.18. The Kier molecular flexibility index (Phi) is 3.43. The second-order valence-electron chi connectivity index (χ2n) is 4.68. The van der Waals surface area contributed by atoms with Gasteiger partial charge in [-0.05, 0) is 38.4 Å². The van der Waals surface area contributed by atoms with E-state index < -0.39 is 0 Å². The normalized spacial score (nSPS) is 17.2. The molecule has 0 radical (unpaired) electrons. The summed E-state index contributed by atoms with van der Waals surface area (Å²) >= 11 is 1.77. The fourth-order valence-corrected chi connectivity index (χ4v) is 3.29. The molecule has 1 fully saturated rings. The first-order chi connectivity index (χ1) is 8.86. The average Bonchev–Trinajstić information content (AvgIpc) is 2.84. The molecule has 0 atom stereocenters. The van der Waals surface area contributed by atoms with E-state index in [1.807, 2.05) is 0 Å². The summed E-state index contributed by atoms with van der Waals surface area (Å²) < 4.78 is 0. The lowest BCUT2D eigenvalue weighted by Gasteiger charge is -2.24. The molecule has 2 aromatic rings. The first kappa shape index (κ1) is 11.9. The molecule has 0 unspecified atom stereocenters. The van der Waals surface area contributed by atoms with E-state index in [2.05, 4.69) is 33.6 Å². The van der Waals surface area contributed by atoms with Gasteiger partial charge in [0.15, 0.2) is 0 Å². The van der Waals surface area contributed by atoms with Crippen LogP contribution in [0.15, 0.2) is 12.4 Å². The summed E-state index contributed by atoms with van der Waals surface area (Å²) in [5.41, 5.74) is 0. The SMILES string of the molecule is CCc1cc2c(NC3CCNCC3)ncnc2s1. The van der Waals surface area contributed by atoms with Crippen LogP contribution >= 0.6 is 11.3 Å². The standard InChI is InChI=1S/C13H18N4S/c1-2-10-7-11-12(15-8-16-13(11)18-10)17-9-3-5-14-6-4-9/h7-9,14H,2-6H2,1H3,(H,15,16,17). The van der Waals surface area contributed by atoms with Crippen molar-refractivity contribution in [2.45, 2.75) is 32.2 Å². The smallest absolute Gasteiger partial charge is 0.138 e. The zero-order valence-corrected chi connectivity index (χ0v) is 11.4. The van der Waals surface area contributed by atoms with Gasteiger partial charge in [-0.2, -0.15) is 0 Å². The van der Waals surface area contributed by atoms with Crippen LogP contribution < -0.4 is 10.6 Å². The van der Waals surface area contributed by atoms with E-state index in [4.69, 9.17) is 0 Å². The lowest BCUT2D eigenvalue weighted by Crippen LogP contribution is -2.35. The molecule has 18 heavy (non-hydrogen) atoms. The third-order valence-electron chi connectivity index (χ3n) is 3.41. The van der Waals surface area contributed by atoms with Crippen LogP contribution in [-0.4, -0.2) is 29.1 Å². The van der Waals surface area contributed by atoms with E-state index in [9.17, 15) is 0 Å². The molecule has 1 aliphatic heterocycles. The number of nitrogens with zero attached hydrogens (tertiary/aromatic N) is 2. The Labute approximate surface area is 111 Å². The molecular formula is C13H18N4S. The van der Waals surface area contributed by atoms with Crippen LogP contribution in [0.1, 0.15) is 24.6 Å². The van der Waals surface area contributed by atoms with Gasteiger partial charge in [0, 0.05) is 10.9 Å². The molecule has 1 aliphatic rings. The van der Waals surface area contributed by atoms with Crippen LogP contribution in [0.3, 0.4) is 0 Å². The van der Waals surface area contributed by atoms with Gasteiger partial charge >= 0.3 is 0 Å². The minimum absolute atomic E-state index is 0.536. The number of nitrogens with one attached hydrogen (secondary N) is 2. The molecule has 0 bridgehead atoms. The predicted octanol–water partition coefficient (Wildman–Crippen LogP) is 2.42. The second-order valence-corrected chi connectivity index (χ2v) is 5.79. The maximum Gasteiger partial charge on any atom is 0.138 e. The second kappa shape index (κ2) is 5.20. The zero-order chi connectivity index (χ0) is 12.4. The topological polar surface area (TPSA) is 49.8 Å². The van der Waals surface area contributed by atoms with Crippen LogP contribution in [0.25, 0.3) is 10.2 Å². The number of aryl methyl sites for hydroxylation is 1. The van der Waals surface area contributed by atoms with E-state index in [1.54, 1.807) is 17.7 Å². The Hall–Kier alpha value is -1.20. The lowest BCUT2D eigenvalue weighted by molar-refractivity contribution is 0.478. The average molecular weight is 262 g/mol. The molecule has 96 valence electrons. The molecule has 0 aromatic carbocycles. The largest absolute Gasteiger partial charge is 0.367 e. The molecule has 2 aromatic heterocycles. The van der Waals surface area contributed by atoms with Gasteiger partial charge in [-0.25, -0.2) is 9.97 Å². The fraction of sp³-hybridized carbons (Fsp3) is 0.538. The van der Waals surface area contributed by atoms with E-state index in [-0.39, 0.29) is 0 Å². The van der Waals surface area contributed by atoms with Gasteiger partial charge in [-0.15, -0.1) is 11.3 Å². The molecule has 0 aliphatic carbocycles. The minimum Gasteiger partial charge on any atom is -0.367 e. The van der Waals surface area contributed by atoms with Crippen LogP contribution in [0.4, 0.5) is 5.82 Å². The van der Waals surface area contributed by atoms with Gasteiger partial charge < -0.3 is 10.6 Å². The summed E-state index contributed by atoms with van der Waals surface area (Å²) in [5.74, 6) is 1.00. The molecule has 5 heteroatoms. The van der Waals surface area contributed by atoms with E-state index in [0.717, 1.165) is 43.0 Å². The molecule has 0 spiro atoms. The van der Waals surface area contributed by atoms with Gasteiger partial charge in [-0.3, -0.25) is 0 Å².